The number of amides is 1. The van der Waals surface area contributed by atoms with Gasteiger partial charge in [-0.2, -0.15) is 10.2 Å². The van der Waals surface area contributed by atoms with Crippen LogP contribution in [0.15, 0.2) is 36.4 Å². The van der Waals surface area contributed by atoms with Crippen LogP contribution in [0.2, 0.25) is 0 Å². The number of nitrogens with zero attached hydrogens (tertiary/aromatic N) is 6. The van der Waals surface area contributed by atoms with Gasteiger partial charge in [0.25, 0.3) is 6.43 Å². The van der Waals surface area contributed by atoms with E-state index in [0.29, 0.717) is 23.3 Å². The van der Waals surface area contributed by atoms with Crippen molar-refractivity contribution in [3.8, 4) is 11.3 Å². The average Bonchev–Trinajstić information content (AvgIpc) is 3.23. The molecular formula is C24H26F2N6O. The van der Waals surface area contributed by atoms with Gasteiger partial charge in [0.1, 0.15) is 6.54 Å². The molecule has 0 unspecified atom stereocenters. The monoisotopic (exact) mass is 452 g/mol. The van der Waals surface area contributed by atoms with Crippen molar-refractivity contribution in [2.45, 2.75) is 40.3 Å². The number of pyridine rings is 1. The number of hydrogen-bond acceptors (Lipinski definition) is 4. The third-order valence-electron chi connectivity index (χ3n) is 5.98. The fourth-order valence-corrected chi connectivity index (χ4v) is 4.05. The lowest BCUT2D eigenvalue weighted by molar-refractivity contribution is -0.131. The lowest BCUT2D eigenvalue weighted by Crippen LogP contribution is -2.30. The molecule has 0 saturated heterocycles. The third kappa shape index (κ3) is 4.22. The standard InChI is InChI=1S/C24H26F2N6O/c1-14-19(16(3)31(5)28-14)12-30(4)21(33)13-32-24-22(15(2)29-32)18(23(25)26)11-20(27-24)17-9-7-6-8-10-17/h6-11,23H,12-13H2,1-5H3. The number of carbonyl (C=O) groups is 1. The Morgan fingerprint density at radius 1 is 1.09 bits per heavy atom. The molecule has 172 valence electrons. The minimum Gasteiger partial charge on any atom is -0.340 e. The van der Waals surface area contributed by atoms with Crippen molar-refractivity contribution >= 4 is 16.9 Å². The predicted molar refractivity (Wildman–Crippen MR) is 122 cm³/mol. The molecule has 0 saturated carbocycles. The number of alkyl halides is 2. The van der Waals surface area contributed by atoms with Crippen molar-refractivity contribution in [1.29, 1.82) is 0 Å². The minimum absolute atomic E-state index is 0.104. The van der Waals surface area contributed by atoms with Gasteiger partial charge in [0.05, 0.1) is 22.5 Å². The number of aryl methyl sites for hydroxylation is 3. The second-order valence-corrected chi connectivity index (χ2v) is 8.23. The largest absolute Gasteiger partial charge is 0.340 e. The summed E-state index contributed by atoms with van der Waals surface area (Å²) >= 11 is 0. The van der Waals surface area contributed by atoms with Crippen LogP contribution in [-0.2, 0) is 24.9 Å². The number of aromatic nitrogens is 5. The Balaban J connectivity index is 1.70. The summed E-state index contributed by atoms with van der Waals surface area (Å²) in [7, 11) is 3.57. The molecule has 7 nitrogen and oxygen atoms in total. The Labute approximate surface area is 190 Å². The summed E-state index contributed by atoms with van der Waals surface area (Å²) in [6.45, 7) is 5.82. The Hall–Kier alpha value is -3.62. The maximum Gasteiger partial charge on any atom is 0.264 e. The molecule has 0 bridgehead atoms. The van der Waals surface area contributed by atoms with Crippen LogP contribution in [0, 0.1) is 20.8 Å². The summed E-state index contributed by atoms with van der Waals surface area (Å²) in [5.74, 6) is -0.201. The van der Waals surface area contributed by atoms with E-state index >= 15 is 0 Å². The fraction of sp³-hybridized carbons (Fsp3) is 0.333. The molecule has 0 aliphatic heterocycles. The molecule has 0 atom stereocenters. The predicted octanol–water partition coefficient (Wildman–Crippen LogP) is 4.35. The maximum atomic E-state index is 13.9. The number of fused-ring (bicyclic) bond motifs is 1. The van der Waals surface area contributed by atoms with E-state index in [1.807, 2.05) is 51.2 Å². The fourth-order valence-electron chi connectivity index (χ4n) is 4.05. The molecule has 0 aliphatic rings. The zero-order chi connectivity index (χ0) is 23.9. The summed E-state index contributed by atoms with van der Waals surface area (Å²) in [4.78, 5) is 19.2. The van der Waals surface area contributed by atoms with Gasteiger partial charge in [-0.25, -0.2) is 18.4 Å². The van der Waals surface area contributed by atoms with E-state index in [9.17, 15) is 13.6 Å². The molecule has 9 heteroatoms. The highest BCUT2D eigenvalue weighted by molar-refractivity contribution is 5.87. The Morgan fingerprint density at radius 2 is 1.79 bits per heavy atom. The van der Waals surface area contributed by atoms with Gasteiger partial charge in [-0.3, -0.25) is 9.48 Å². The van der Waals surface area contributed by atoms with Crippen LogP contribution in [0.4, 0.5) is 8.78 Å². The van der Waals surface area contributed by atoms with E-state index in [4.69, 9.17) is 0 Å². The summed E-state index contributed by atoms with van der Waals surface area (Å²) in [5, 5.41) is 9.08. The normalized spacial score (nSPS) is 11.5. The van der Waals surface area contributed by atoms with E-state index < -0.39 is 6.43 Å². The summed E-state index contributed by atoms with van der Waals surface area (Å²) in [6.07, 6.45) is -2.69. The van der Waals surface area contributed by atoms with Crippen LogP contribution in [0.25, 0.3) is 22.3 Å². The van der Waals surface area contributed by atoms with Gasteiger partial charge < -0.3 is 4.90 Å². The molecule has 0 N–H and O–H groups in total. The third-order valence-corrected chi connectivity index (χ3v) is 5.98. The number of benzene rings is 1. The summed E-state index contributed by atoms with van der Waals surface area (Å²) in [6, 6.07) is 10.5. The number of hydrogen-bond donors (Lipinski definition) is 0. The highest BCUT2D eigenvalue weighted by Crippen LogP contribution is 2.33. The Bertz CT molecular complexity index is 1330. The molecular weight excluding hydrogens is 426 g/mol. The lowest BCUT2D eigenvalue weighted by Gasteiger charge is -2.18. The summed E-state index contributed by atoms with van der Waals surface area (Å²) < 4.78 is 31.1. The van der Waals surface area contributed by atoms with Crippen LogP contribution >= 0.6 is 0 Å². The molecule has 1 amide bonds. The quantitative estimate of drug-likeness (QED) is 0.436. The highest BCUT2D eigenvalue weighted by Gasteiger charge is 2.23. The van der Waals surface area contributed by atoms with Crippen molar-refractivity contribution in [2.24, 2.45) is 7.05 Å². The average molecular weight is 453 g/mol. The zero-order valence-electron chi connectivity index (χ0n) is 19.3. The van der Waals surface area contributed by atoms with Gasteiger partial charge in [-0.05, 0) is 26.8 Å². The maximum absolute atomic E-state index is 13.9. The molecule has 3 aromatic heterocycles. The van der Waals surface area contributed by atoms with E-state index in [1.165, 1.54) is 10.7 Å². The second-order valence-electron chi connectivity index (χ2n) is 8.23. The van der Waals surface area contributed by atoms with Crippen LogP contribution in [0.5, 0.6) is 0 Å². The van der Waals surface area contributed by atoms with E-state index in [1.54, 1.807) is 23.6 Å². The first kappa shape index (κ1) is 22.6. The number of rotatable bonds is 6. The van der Waals surface area contributed by atoms with Crippen molar-refractivity contribution in [1.82, 2.24) is 29.4 Å². The second kappa shape index (κ2) is 8.73. The first-order valence-corrected chi connectivity index (χ1v) is 10.6. The topological polar surface area (TPSA) is 68.8 Å². The molecule has 0 fully saturated rings. The van der Waals surface area contributed by atoms with Crippen molar-refractivity contribution < 1.29 is 13.6 Å². The Kier molecular flexibility index (Phi) is 5.97. The van der Waals surface area contributed by atoms with Crippen molar-refractivity contribution in [3.05, 3.63) is 64.6 Å². The summed E-state index contributed by atoms with van der Waals surface area (Å²) in [5.41, 5.74) is 4.54. The highest BCUT2D eigenvalue weighted by atomic mass is 19.3. The van der Waals surface area contributed by atoms with Crippen molar-refractivity contribution in [3.63, 3.8) is 0 Å². The SMILES string of the molecule is Cc1nn(C)c(C)c1CN(C)C(=O)Cn1nc(C)c2c(C(F)F)cc(-c3ccccc3)nc21. The van der Waals surface area contributed by atoms with Crippen molar-refractivity contribution in [2.75, 3.05) is 7.05 Å². The van der Waals surface area contributed by atoms with Gasteiger partial charge in [0, 0.05) is 43.0 Å². The molecule has 4 rings (SSSR count). The smallest absolute Gasteiger partial charge is 0.264 e. The number of likely N-dealkylation sites (N-methyl/N-ethyl adjacent to an activating group) is 1. The lowest BCUT2D eigenvalue weighted by atomic mass is 10.1. The van der Waals surface area contributed by atoms with E-state index in [-0.39, 0.29) is 23.7 Å². The first-order valence-electron chi connectivity index (χ1n) is 10.6. The number of halogens is 2. The van der Waals surface area contributed by atoms with Gasteiger partial charge in [0.2, 0.25) is 5.91 Å². The Morgan fingerprint density at radius 3 is 2.39 bits per heavy atom. The van der Waals surface area contributed by atoms with Gasteiger partial charge in [-0.1, -0.05) is 30.3 Å². The molecule has 4 aromatic rings. The molecule has 0 radical (unpaired) electrons. The van der Waals surface area contributed by atoms with Crippen LogP contribution < -0.4 is 0 Å². The van der Waals surface area contributed by atoms with Crippen LogP contribution in [-0.4, -0.2) is 42.4 Å². The van der Waals surface area contributed by atoms with Gasteiger partial charge in [-0.15, -0.1) is 0 Å². The zero-order valence-corrected chi connectivity index (χ0v) is 19.3. The van der Waals surface area contributed by atoms with Crippen LogP contribution in [0.3, 0.4) is 0 Å². The first-order chi connectivity index (χ1) is 15.7. The van der Waals surface area contributed by atoms with Gasteiger partial charge >= 0.3 is 0 Å². The van der Waals surface area contributed by atoms with Gasteiger partial charge in [0.15, 0.2) is 5.65 Å². The van der Waals surface area contributed by atoms with E-state index in [0.717, 1.165) is 22.5 Å². The molecule has 33 heavy (non-hydrogen) atoms. The molecule has 0 aliphatic carbocycles. The van der Waals surface area contributed by atoms with E-state index in [2.05, 4.69) is 15.2 Å². The number of carbonyl (C=O) groups excluding carboxylic acids is 1. The molecule has 3 heterocycles. The van der Waals surface area contributed by atoms with Crippen LogP contribution in [0.1, 0.15) is 34.6 Å². The molecule has 1 aromatic carbocycles. The minimum atomic E-state index is -2.69. The molecule has 0 spiro atoms.